The lowest BCUT2D eigenvalue weighted by molar-refractivity contribution is 0.0346. The molecule has 2 fully saturated rings. The normalized spacial score (nSPS) is 25.0. The van der Waals surface area contributed by atoms with Gasteiger partial charge in [-0.05, 0) is 58.8 Å². The quantitative estimate of drug-likeness (QED) is 0.701. The fraction of sp³-hybridized carbons (Fsp3) is 0.722. The Hall–Kier alpha value is -1.89. The highest BCUT2D eigenvalue weighted by atomic mass is 16.5. The van der Waals surface area contributed by atoms with E-state index in [2.05, 4.69) is 27.5 Å². The first-order valence-corrected chi connectivity index (χ1v) is 9.32. The molecule has 4 N–H and O–H groups in total. The topological polar surface area (TPSA) is 102 Å². The average Bonchev–Trinajstić information content (AvgIpc) is 2.55. The molecule has 1 aromatic heterocycles. The Kier molecular flexibility index (Phi) is 5.42. The van der Waals surface area contributed by atoms with Gasteiger partial charge in [0.15, 0.2) is 0 Å². The van der Waals surface area contributed by atoms with Crippen molar-refractivity contribution in [3.63, 3.8) is 0 Å². The maximum absolute atomic E-state index is 11.7. The van der Waals surface area contributed by atoms with E-state index < -0.39 is 5.91 Å². The van der Waals surface area contributed by atoms with Crippen LogP contribution in [0.4, 0.5) is 11.8 Å². The van der Waals surface area contributed by atoms with Crippen LogP contribution in [-0.4, -0.2) is 40.2 Å². The third-order valence-electron chi connectivity index (χ3n) is 5.34. The second kappa shape index (κ2) is 7.56. The maximum Gasteiger partial charge on any atom is 0.254 e. The van der Waals surface area contributed by atoms with Crippen molar-refractivity contribution in [3.8, 4) is 0 Å². The standard InChI is InChI=1S/C18H29N5O2/c1-3-25-13-7-5-12(6-8-13)21-17-20-11-14(15(19)24)16(22-17)23-18(2)9-4-10-18/h11-13H,3-10H2,1-2H3,(H2,19,24)(H2,20,21,22,23)/t12-,13-. The van der Waals surface area contributed by atoms with Crippen LogP contribution < -0.4 is 16.4 Å². The first-order chi connectivity index (χ1) is 12.0. The number of hydrogen-bond donors (Lipinski definition) is 3. The van der Waals surface area contributed by atoms with Crippen LogP contribution in [0.2, 0.25) is 0 Å². The first kappa shape index (κ1) is 17.9. The van der Waals surface area contributed by atoms with Gasteiger partial charge in [0.05, 0.1) is 11.7 Å². The van der Waals surface area contributed by atoms with Crippen LogP contribution in [-0.2, 0) is 4.74 Å². The number of carbonyl (C=O) groups is 1. The summed E-state index contributed by atoms with van der Waals surface area (Å²) in [5.41, 5.74) is 5.82. The zero-order valence-electron chi connectivity index (χ0n) is 15.2. The second-order valence-corrected chi connectivity index (χ2v) is 7.43. The zero-order chi connectivity index (χ0) is 17.9. The van der Waals surface area contributed by atoms with Gasteiger partial charge in [-0.25, -0.2) is 4.98 Å². The van der Waals surface area contributed by atoms with Crippen molar-refractivity contribution in [1.29, 1.82) is 0 Å². The van der Waals surface area contributed by atoms with E-state index in [-0.39, 0.29) is 5.54 Å². The summed E-state index contributed by atoms with van der Waals surface area (Å²) in [5.74, 6) is 0.583. The van der Waals surface area contributed by atoms with Crippen molar-refractivity contribution >= 4 is 17.7 Å². The number of hydrogen-bond acceptors (Lipinski definition) is 6. The van der Waals surface area contributed by atoms with Crippen molar-refractivity contribution in [2.45, 2.75) is 76.5 Å². The van der Waals surface area contributed by atoms with Gasteiger partial charge < -0.3 is 21.1 Å². The van der Waals surface area contributed by atoms with Crippen molar-refractivity contribution in [2.24, 2.45) is 5.73 Å². The Labute approximate surface area is 149 Å². The highest BCUT2D eigenvalue weighted by molar-refractivity contribution is 5.97. The van der Waals surface area contributed by atoms with Gasteiger partial charge in [0.25, 0.3) is 5.91 Å². The maximum atomic E-state index is 11.7. The summed E-state index contributed by atoms with van der Waals surface area (Å²) in [5, 5.41) is 6.80. The summed E-state index contributed by atoms with van der Waals surface area (Å²) in [7, 11) is 0. The summed E-state index contributed by atoms with van der Waals surface area (Å²) in [4.78, 5) is 20.5. The molecule has 1 heterocycles. The van der Waals surface area contributed by atoms with Crippen LogP contribution in [0.15, 0.2) is 6.20 Å². The first-order valence-electron chi connectivity index (χ1n) is 9.32. The summed E-state index contributed by atoms with van der Waals surface area (Å²) in [6.07, 6.45) is 9.39. The molecule has 0 atom stereocenters. The molecule has 0 spiro atoms. The monoisotopic (exact) mass is 347 g/mol. The van der Waals surface area contributed by atoms with Crippen LogP contribution in [0.25, 0.3) is 0 Å². The molecule has 7 heteroatoms. The third kappa shape index (κ3) is 4.39. The highest BCUT2D eigenvalue weighted by Gasteiger charge is 2.33. The molecule has 0 aromatic carbocycles. The smallest absolute Gasteiger partial charge is 0.254 e. The predicted molar refractivity (Wildman–Crippen MR) is 97.7 cm³/mol. The van der Waals surface area contributed by atoms with E-state index in [1.165, 1.54) is 12.6 Å². The Bertz CT molecular complexity index is 609. The molecule has 25 heavy (non-hydrogen) atoms. The zero-order valence-corrected chi connectivity index (χ0v) is 15.2. The minimum atomic E-state index is -0.505. The molecule has 2 aliphatic carbocycles. The fourth-order valence-corrected chi connectivity index (χ4v) is 3.64. The number of aromatic nitrogens is 2. The Morgan fingerprint density at radius 2 is 2.08 bits per heavy atom. The van der Waals surface area contributed by atoms with Gasteiger partial charge in [0.2, 0.25) is 5.95 Å². The average molecular weight is 347 g/mol. The predicted octanol–water partition coefficient (Wildman–Crippen LogP) is 2.69. The van der Waals surface area contributed by atoms with Gasteiger partial charge >= 0.3 is 0 Å². The number of nitrogens with one attached hydrogen (secondary N) is 2. The Morgan fingerprint density at radius 3 is 2.64 bits per heavy atom. The van der Waals surface area contributed by atoms with Gasteiger partial charge in [-0.3, -0.25) is 4.79 Å². The second-order valence-electron chi connectivity index (χ2n) is 7.43. The summed E-state index contributed by atoms with van der Waals surface area (Å²) >= 11 is 0. The van der Waals surface area contributed by atoms with E-state index in [0.717, 1.165) is 45.1 Å². The molecule has 0 unspecified atom stereocenters. The molecule has 138 valence electrons. The van der Waals surface area contributed by atoms with E-state index in [9.17, 15) is 4.79 Å². The van der Waals surface area contributed by atoms with Crippen LogP contribution in [0.3, 0.4) is 0 Å². The minimum absolute atomic E-state index is 0.00856. The molecule has 7 nitrogen and oxygen atoms in total. The van der Waals surface area contributed by atoms with Gasteiger partial charge in [0.1, 0.15) is 5.82 Å². The van der Waals surface area contributed by atoms with Gasteiger partial charge in [0, 0.05) is 24.4 Å². The van der Waals surface area contributed by atoms with Crippen LogP contribution in [0, 0.1) is 0 Å². The lowest BCUT2D eigenvalue weighted by atomic mass is 9.78. The largest absolute Gasteiger partial charge is 0.379 e. The van der Waals surface area contributed by atoms with E-state index in [4.69, 9.17) is 10.5 Å². The SMILES string of the molecule is CCO[C@H]1CC[C@H](Nc2ncc(C(N)=O)c(NC3(C)CCC3)n2)CC1. The van der Waals surface area contributed by atoms with Gasteiger partial charge in [-0.15, -0.1) is 0 Å². The number of ether oxygens (including phenoxy) is 1. The number of nitrogens with two attached hydrogens (primary N) is 1. The van der Waals surface area contributed by atoms with E-state index in [1.807, 2.05) is 6.92 Å². The van der Waals surface area contributed by atoms with Gasteiger partial charge in [-0.1, -0.05) is 0 Å². The van der Waals surface area contributed by atoms with E-state index in [0.29, 0.717) is 29.5 Å². The highest BCUT2D eigenvalue weighted by Crippen LogP contribution is 2.35. The van der Waals surface area contributed by atoms with Crippen LogP contribution in [0.1, 0.15) is 69.2 Å². The molecule has 0 bridgehead atoms. The molecule has 3 rings (SSSR count). The molecule has 1 amide bonds. The molecule has 0 aliphatic heterocycles. The number of carbonyl (C=O) groups excluding carboxylic acids is 1. The lowest BCUT2D eigenvalue weighted by Gasteiger charge is -2.40. The van der Waals surface area contributed by atoms with Crippen molar-refractivity contribution in [2.75, 3.05) is 17.2 Å². The van der Waals surface area contributed by atoms with Crippen LogP contribution in [0.5, 0.6) is 0 Å². The molecule has 2 aliphatic rings. The summed E-state index contributed by atoms with van der Waals surface area (Å²) in [6, 6.07) is 0.336. The van der Waals surface area contributed by atoms with Crippen molar-refractivity contribution in [3.05, 3.63) is 11.8 Å². The van der Waals surface area contributed by atoms with E-state index >= 15 is 0 Å². The third-order valence-corrected chi connectivity index (χ3v) is 5.34. The number of amides is 1. The Morgan fingerprint density at radius 1 is 1.36 bits per heavy atom. The number of nitrogens with zero attached hydrogens (tertiary/aromatic N) is 2. The van der Waals surface area contributed by atoms with E-state index in [1.54, 1.807) is 0 Å². The Balaban J connectivity index is 1.67. The molecule has 2 saturated carbocycles. The molecular weight excluding hydrogens is 318 g/mol. The van der Waals surface area contributed by atoms with Crippen molar-refractivity contribution < 1.29 is 9.53 Å². The number of rotatable bonds is 7. The lowest BCUT2D eigenvalue weighted by Crippen LogP contribution is -2.42. The fourth-order valence-electron chi connectivity index (χ4n) is 3.64. The molecule has 1 aromatic rings. The molecule has 0 radical (unpaired) electrons. The molecule has 0 saturated heterocycles. The summed E-state index contributed by atoms with van der Waals surface area (Å²) < 4.78 is 5.70. The van der Waals surface area contributed by atoms with Crippen molar-refractivity contribution in [1.82, 2.24) is 9.97 Å². The summed E-state index contributed by atoms with van der Waals surface area (Å²) in [6.45, 7) is 4.95. The van der Waals surface area contributed by atoms with Crippen LogP contribution >= 0.6 is 0 Å². The minimum Gasteiger partial charge on any atom is -0.379 e. The number of primary amides is 1. The molecular formula is C18H29N5O2. The van der Waals surface area contributed by atoms with Gasteiger partial charge in [-0.2, -0.15) is 4.98 Å². The number of anilines is 2.